The van der Waals surface area contributed by atoms with Gasteiger partial charge < -0.3 is 15.2 Å². The largest absolute Gasteiger partial charge is 0.384 e. The molecule has 4 aromatic heterocycles. The van der Waals surface area contributed by atoms with Gasteiger partial charge in [-0.2, -0.15) is 5.10 Å². The van der Waals surface area contributed by atoms with Crippen LogP contribution in [0.15, 0.2) is 73.2 Å². The van der Waals surface area contributed by atoms with E-state index in [-0.39, 0.29) is 5.82 Å². The summed E-state index contributed by atoms with van der Waals surface area (Å²) in [6.07, 6.45) is 9.55. The Morgan fingerprint density at radius 2 is 1.80 bits per heavy atom. The molecule has 5 heterocycles. The van der Waals surface area contributed by atoms with Crippen LogP contribution in [-0.2, 0) is 6.54 Å². The number of fused-ring (bicyclic) bond motifs is 2. The number of aromatic amines is 2. The van der Waals surface area contributed by atoms with E-state index in [4.69, 9.17) is 0 Å². The smallest absolute Gasteiger partial charge is 0.138 e. The van der Waals surface area contributed by atoms with Gasteiger partial charge in [-0.15, -0.1) is 0 Å². The van der Waals surface area contributed by atoms with Crippen molar-refractivity contribution in [1.29, 1.82) is 0 Å². The molecule has 3 N–H and O–H groups in total. The molecule has 0 bridgehead atoms. The van der Waals surface area contributed by atoms with Crippen molar-refractivity contribution in [1.82, 2.24) is 34.9 Å². The zero-order valence-corrected chi connectivity index (χ0v) is 25.2. The lowest BCUT2D eigenvalue weighted by Gasteiger charge is -2.26. The van der Waals surface area contributed by atoms with E-state index in [0.717, 1.165) is 94.0 Å². The van der Waals surface area contributed by atoms with Crippen molar-refractivity contribution in [3.63, 3.8) is 0 Å². The molecule has 0 atom stereocenters. The molecular weight excluding hydrogens is 551 g/mol. The second-order valence-electron chi connectivity index (χ2n) is 12.0. The molecule has 1 fully saturated rings. The third kappa shape index (κ3) is 5.93. The van der Waals surface area contributed by atoms with Crippen LogP contribution in [0, 0.1) is 5.82 Å². The predicted octanol–water partition coefficient (Wildman–Crippen LogP) is 6.93. The molecule has 1 aliphatic heterocycles. The molecule has 7 rings (SSSR count). The number of likely N-dealkylation sites (N-methyl/N-ethyl adjacent to an activating group) is 1. The molecule has 2 aromatic carbocycles. The van der Waals surface area contributed by atoms with Crippen LogP contribution >= 0.6 is 0 Å². The first-order valence-electron chi connectivity index (χ1n) is 15.3. The Bertz CT molecular complexity index is 1920. The van der Waals surface area contributed by atoms with Crippen LogP contribution in [0.1, 0.15) is 24.8 Å². The average Bonchev–Trinajstić information content (AvgIpc) is 3.65. The minimum Gasteiger partial charge on any atom is -0.384 e. The molecule has 0 saturated carbocycles. The molecule has 8 nitrogen and oxygen atoms in total. The minimum atomic E-state index is -0.282. The molecule has 9 heteroatoms. The zero-order chi connectivity index (χ0) is 30.0. The Balaban J connectivity index is 1.21. The minimum absolute atomic E-state index is 0.282. The van der Waals surface area contributed by atoms with E-state index in [2.05, 4.69) is 70.6 Å². The second kappa shape index (κ2) is 12.2. The highest BCUT2D eigenvalue weighted by molar-refractivity contribution is 6.00. The second-order valence-corrected chi connectivity index (χ2v) is 12.0. The fourth-order valence-electron chi connectivity index (χ4n) is 6.18. The van der Waals surface area contributed by atoms with Crippen LogP contribution in [0.5, 0.6) is 0 Å². The lowest BCUT2D eigenvalue weighted by Crippen LogP contribution is -2.29. The van der Waals surface area contributed by atoms with E-state index in [1.807, 2.05) is 38.6 Å². The molecule has 0 unspecified atom stereocenters. The number of piperidine rings is 1. The summed E-state index contributed by atoms with van der Waals surface area (Å²) in [5, 5.41) is 13.1. The van der Waals surface area contributed by atoms with E-state index in [1.54, 1.807) is 12.3 Å². The van der Waals surface area contributed by atoms with Crippen LogP contribution in [0.2, 0.25) is 0 Å². The first-order chi connectivity index (χ1) is 21.5. The van der Waals surface area contributed by atoms with Crippen molar-refractivity contribution in [3.8, 4) is 33.6 Å². The number of nitrogens with one attached hydrogen (secondary N) is 3. The molecular formula is C35H37FN8. The van der Waals surface area contributed by atoms with Crippen molar-refractivity contribution in [3.05, 3.63) is 84.6 Å². The number of hydrogen-bond acceptors (Lipinski definition) is 6. The summed E-state index contributed by atoms with van der Waals surface area (Å²) < 4.78 is 14.7. The number of nitrogens with zero attached hydrogens (tertiary/aromatic N) is 5. The number of likely N-dealkylation sites (tertiary alicyclic amines) is 1. The van der Waals surface area contributed by atoms with E-state index in [1.165, 1.54) is 30.9 Å². The Kier molecular flexibility index (Phi) is 7.80. The quantitative estimate of drug-likeness (QED) is 0.170. The molecule has 0 radical (unpaired) electrons. The van der Waals surface area contributed by atoms with Crippen LogP contribution in [0.3, 0.4) is 0 Å². The van der Waals surface area contributed by atoms with Crippen molar-refractivity contribution in [2.45, 2.75) is 25.8 Å². The Hall–Kier alpha value is -4.60. The monoisotopic (exact) mass is 588 g/mol. The maximum Gasteiger partial charge on any atom is 0.138 e. The summed E-state index contributed by atoms with van der Waals surface area (Å²) in [6, 6.07) is 17.7. The zero-order valence-electron chi connectivity index (χ0n) is 25.2. The molecule has 1 saturated heterocycles. The Morgan fingerprint density at radius 1 is 0.909 bits per heavy atom. The lowest BCUT2D eigenvalue weighted by molar-refractivity contribution is 0.220. The maximum atomic E-state index is 14.7. The summed E-state index contributed by atoms with van der Waals surface area (Å²) in [5.74, 6) is -0.282. The lowest BCUT2D eigenvalue weighted by atomic mass is 10.0. The van der Waals surface area contributed by atoms with Crippen LogP contribution in [-0.4, -0.2) is 75.2 Å². The fraction of sp³-hybridized carbons (Fsp3) is 0.286. The molecule has 0 amide bonds. The maximum absolute atomic E-state index is 14.7. The SMILES string of the molecule is CN(C)CCNc1cc(F)cc(-c2ccnc3[nH]c(-c4n[nH]c5ccc(-c6cncc(CN7CCCCC7)c6)cc45)cc23)c1. The van der Waals surface area contributed by atoms with Gasteiger partial charge in [0.2, 0.25) is 0 Å². The van der Waals surface area contributed by atoms with Gasteiger partial charge in [0, 0.05) is 60.2 Å². The number of benzene rings is 2. The van der Waals surface area contributed by atoms with E-state index in [0.29, 0.717) is 0 Å². The Morgan fingerprint density at radius 3 is 2.66 bits per heavy atom. The van der Waals surface area contributed by atoms with Gasteiger partial charge in [-0.05, 0) is 111 Å². The number of hydrogen-bond donors (Lipinski definition) is 3. The number of rotatable bonds is 9. The van der Waals surface area contributed by atoms with E-state index >= 15 is 0 Å². The third-order valence-electron chi connectivity index (χ3n) is 8.43. The third-order valence-corrected chi connectivity index (χ3v) is 8.43. The highest BCUT2D eigenvalue weighted by atomic mass is 19.1. The van der Waals surface area contributed by atoms with Crippen molar-refractivity contribution >= 4 is 27.6 Å². The molecule has 224 valence electrons. The summed E-state index contributed by atoms with van der Waals surface area (Å²) in [7, 11) is 4.04. The highest BCUT2D eigenvalue weighted by Gasteiger charge is 2.16. The van der Waals surface area contributed by atoms with Gasteiger partial charge >= 0.3 is 0 Å². The number of halogens is 1. The summed E-state index contributed by atoms with van der Waals surface area (Å²) >= 11 is 0. The predicted molar refractivity (Wildman–Crippen MR) is 176 cm³/mol. The first kappa shape index (κ1) is 28.2. The van der Waals surface area contributed by atoms with Crippen molar-refractivity contribution in [2.24, 2.45) is 0 Å². The van der Waals surface area contributed by atoms with Gasteiger partial charge in [0.05, 0.1) is 11.2 Å². The molecule has 0 spiro atoms. The summed E-state index contributed by atoms with van der Waals surface area (Å²) in [6.45, 7) is 4.83. The van der Waals surface area contributed by atoms with Gasteiger partial charge in [0.25, 0.3) is 0 Å². The van der Waals surface area contributed by atoms with E-state index < -0.39 is 0 Å². The Labute approximate surface area is 256 Å². The van der Waals surface area contributed by atoms with Gasteiger partial charge in [0.15, 0.2) is 0 Å². The number of H-pyrrole nitrogens is 2. The molecule has 44 heavy (non-hydrogen) atoms. The van der Waals surface area contributed by atoms with Crippen LogP contribution in [0.4, 0.5) is 10.1 Å². The summed E-state index contributed by atoms with van der Waals surface area (Å²) in [5.41, 5.74) is 9.22. The number of aromatic nitrogens is 5. The average molecular weight is 589 g/mol. The van der Waals surface area contributed by atoms with Gasteiger partial charge in [-0.3, -0.25) is 15.0 Å². The topological polar surface area (TPSA) is 88.8 Å². The molecule has 0 aliphatic carbocycles. The first-order valence-corrected chi connectivity index (χ1v) is 15.3. The fourth-order valence-corrected chi connectivity index (χ4v) is 6.18. The van der Waals surface area contributed by atoms with E-state index in [9.17, 15) is 4.39 Å². The van der Waals surface area contributed by atoms with Gasteiger partial charge in [0.1, 0.15) is 17.2 Å². The summed E-state index contributed by atoms with van der Waals surface area (Å²) in [4.78, 5) is 17.2. The standard InChI is InChI=1S/C35H37FN8/c1-43(2)13-10-38-28-16-25(15-27(36)18-28)29-8-9-39-35-30(29)19-33(40-35)34-31-17-24(6-7-32(31)41-42-34)26-14-23(20-37-21-26)22-44-11-4-3-5-12-44/h6-9,14-21,38H,3-5,10-13,22H2,1-2H3,(H,39,40)(H,41,42). The van der Waals surface area contributed by atoms with Crippen molar-refractivity contribution < 1.29 is 4.39 Å². The normalized spacial score (nSPS) is 14.2. The number of pyridine rings is 2. The van der Waals surface area contributed by atoms with Gasteiger partial charge in [-0.25, -0.2) is 9.37 Å². The van der Waals surface area contributed by atoms with Gasteiger partial charge in [-0.1, -0.05) is 12.5 Å². The van der Waals surface area contributed by atoms with Crippen LogP contribution in [0.25, 0.3) is 55.6 Å². The molecule has 1 aliphatic rings. The highest BCUT2D eigenvalue weighted by Crippen LogP contribution is 2.35. The van der Waals surface area contributed by atoms with Crippen molar-refractivity contribution in [2.75, 3.05) is 45.6 Å². The molecule has 6 aromatic rings. The van der Waals surface area contributed by atoms with Crippen LogP contribution < -0.4 is 5.32 Å². The number of anilines is 1.